The van der Waals surface area contributed by atoms with E-state index in [2.05, 4.69) is 44.1 Å². The summed E-state index contributed by atoms with van der Waals surface area (Å²) in [4.78, 5) is 17.2. The maximum Gasteiger partial charge on any atom is 0.234 e. The van der Waals surface area contributed by atoms with Crippen LogP contribution in [0.4, 0.5) is 5.69 Å². The largest absolute Gasteiger partial charge is 0.323 e. The van der Waals surface area contributed by atoms with Crippen LogP contribution in [0, 0.1) is 27.7 Å². The van der Waals surface area contributed by atoms with Crippen molar-refractivity contribution in [1.29, 1.82) is 0 Å². The molecular weight excluding hydrogens is 316 g/mol. The third-order valence-corrected chi connectivity index (χ3v) is 5.29. The molecule has 1 N–H and O–H groups in total. The van der Waals surface area contributed by atoms with Gasteiger partial charge in [-0.25, -0.2) is 4.98 Å². The van der Waals surface area contributed by atoms with Gasteiger partial charge < -0.3 is 5.32 Å². The molecule has 1 heterocycles. The van der Waals surface area contributed by atoms with Crippen LogP contribution in [0.15, 0.2) is 29.3 Å². The number of rotatable bonds is 4. The van der Waals surface area contributed by atoms with E-state index in [0.29, 0.717) is 16.6 Å². The zero-order chi connectivity index (χ0) is 16.3. The molecule has 0 atom stereocenters. The second kappa shape index (κ2) is 7.16. The van der Waals surface area contributed by atoms with Crippen molar-refractivity contribution in [2.75, 3.05) is 11.1 Å². The number of halogens is 1. The van der Waals surface area contributed by atoms with E-state index in [9.17, 15) is 4.79 Å². The fourth-order valence-corrected chi connectivity index (χ4v) is 3.47. The number of hydrogen-bond donors (Lipinski definition) is 1. The molecular formula is C17H19ClN2OS. The minimum absolute atomic E-state index is 0.0853. The number of anilines is 1. The number of nitrogens with one attached hydrogen (secondary N) is 1. The average molecular weight is 335 g/mol. The Bertz CT molecular complexity index is 690. The fourth-order valence-electron chi connectivity index (χ4n) is 2.20. The first-order valence-corrected chi connectivity index (χ1v) is 8.37. The van der Waals surface area contributed by atoms with Gasteiger partial charge in [0.25, 0.3) is 0 Å². The number of pyridine rings is 1. The summed E-state index contributed by atoms with van der Waals surface area (Å²) < 4.78 is 0. The second-order valence-electron chi connectivity index (χ2n) is 5.27. The minimum atomic E-state index is -0.0853. The van der Waals surface area contributed by atoms with E-state index in [-0.39, 0.29) is 5.91 Å². The molecule has 0 aliphatic carbocycles. The first-order valence-electron chi connectivity index (χ1n) is 7.00. The van der Waals surface area contributed by atoms with E-state index in [1.807, 2.05) is 0 Å². The third kappa shape index (κ3) is 3.81. The van der Waals surface area contributed by atoms with Gasteiger partial charge >= 0.3 is 0 Å². The van der Waals surface area contributed by atoms with E-state index >= 15 is 0 Å². The molecule has 0 aliphatic rings. The lowest BCUT2D eigenvalue weighted by atomic mass is 10.0. The average Bonchev–Trinajstić information content (AvgIpc) is 2.47. The summed E-state index contributed by atoms with van der Waals surface area (Å²) in [6.45, 7) is 8.39. The maximum absolute atomic E-state index is 12.1. The van der Waals surface area contributed by atoms with Gasteiger partial charge in [-0.1, -0.05) is 17.7 Å². The summed E-state index contributed by atoms with van der Waals surface area (Å²) in [5, 5.41) is 3.10. The summed E-state index contributed by atoms with van der Waals surface area (Å²) >= 11 is 7.50. The molecule has 0 saturated heterocycles. The number of benzene rings is 1. The molecule has 0 unspecified atom stereocenters. The van der Waals surface area contributed by atoms with E-state index in [1.165, 1.54) is 27.1 Å². The van der Waals surface area contributed by atoms with Crippen LogP contribution in [-0.2, 0) is 4.79 Å². The molecule has 116 valence electrons. The van der Waals surface area contributed by atoms with Gasteiger partial charge in [0.2, 0.25) is 5.91 Å². The lowest BCUT2D eigenvalue weighted by molar-refractivity contribution is -0.113. The van der Waals surface area contributed by atoms with Gasteiger partial charge in [0.15, 0.2) is 5.15 Å². The van der Waals surface area contributed by atoms with Crippen molar-refractivity contribution >= 4 is 35.0 Å². The van der Waals surface area contributed by atoms with Gasteiger partial charge in [0.05, 0.1) is 11.4 Å². The Hall–Kier alpha value is -1.52. The Morgan fingerprint density at radius 3 is 2.45 bits per heavy atom. The summed E-state index contributed by atoms with van der Waals surface area (Å²) in [6, 6.07) is 5.67. The topological polar surface area (TPSA) is 42.0 Å². The molecule has 22 heavy (non-hydrogen) atoms. The molecule has 0 bridgehead atoms. The van der Waals surface area contributed by atoms with E-state index in [0.717, 1.165) is 0 Å². The molecule has 1 amide bonds. The van der Waals surface area contributed by atoms with E-state index in [4.69, 9.17) is 11.6 Å². The van der Waals surface area contributed by atoms with Gasteiger partial charge in [-0.2, -0.15) is 0 Å². The predicted octanol–water partition coefficient (Wildman–Crippen LogP) is 4.70. The summed E-state index contributed by atoms with van der Waals surface area (Å²) in [7, 11) is 0. The van der Waals surface area contributed by atoms with Crippen molar-refractivity contribution in [3.05, 3.63) is 51.8 Å². The highest BCUT2D eigenvalue weighted by Crippen LogP contribution is 2.31. The first kappa shape index (κ1) is 16.8. The fraction of sp³-hybridized carbons (Fsp3) is 0.294. The van der Waals surface area contributed by atoms with E-state index < -0.39 is 0 Å². The molecule has 2 rings (SSSR count). The molecule has 0 fully saturated rings. The van der Waals surface area contributed by atoms with Gasteiger partial charge in [-0.15, -0.1) is 11.8 Å². The number of carbonyl (C=O) groups excluding carboxylic acids is 1. The van der Waals surface area contributed by atoms with Crippen molar-refractivity contribution in [2.24, 2.45) is 0 Å². The molecule has 1 aromatic heterocycles. The van der Waals surface area contributed by atoms with Crippen LogP contribution in [0.2, 0.25) is 5.15 Å². The zero-order valence-corrected chi connectivity index (χ0v) is 14.7. The normalized spacial score (nSPS) is 10.6. The molecule has 3 nitrogen and oxygen atoms in total. The highest BCUT2D eigenvalue weighted by atomic mass is 35.5. The van der Waals surface area contributed by atoms with Gasteiger partial charge in [-0.3, -0.25) is 4.79 Å². The Labute approximate surface area is 140 Å². The van der Waals surface area contributed by atoms with Gasteiger partial charge in [0, 0.05) is 11.1 Å². The molecule has 5 heteroatoms. The maximum atomic E-state index is 12.1. The van der Waals surface area contributed by atoms with Crippen molar-refractivity contribution < 1.29 is 4.79 Å². The monoisotopic (exact) mass is 334 g/mol. The van der Waals surface area contributed by atoms with Crippen molar-refractivity contribution in [3.63, 3.8) is 0 Å². The van der Waals surface area contributed by atoms with Crippen LogP contribution in [-0.4, -0.2) is 16.6 Å². The number of aryl methyl sites for hydroxylation is 2. The summed E-state index contributed by atoms with van der Waals surface area (Å²) in [6.07, 6.45) is 1.59. The van der Waals surface area contributed by atoms with Gasteiger partial charge in [-0.05, 0) is 62.1 Å². The smallest absolute Gasteiger partial charge is 0.234 e. The first-order chi connectivity index (χ1) is 10.4. The Balaban J connectivity index is 2.08. The van der Waals surface area contributed by atoms with Crippen LogP contribution in [0.3, 0.4) is 0 Å². The minimum Gasteiger partial charge on any atom is -0.323 e. The SMILES string of the molecule is Cc1cc(C)c(C)c(SCC(=O)Nc2cccnc2Cl)c1C. The number of thioether (sulfide) groups is 1. The Morgan fingerprint density at radius 1 is 1.23 bits per heavy atom. The third-order valence-electron chi connectivity index (χ3n) is 3.68. The lowest BCUT2D eigenvalue weighted by Crippen LogP contribution is -2.14. The molecule has 0 saturated carbocycles. The molecule has 0 spiro atoms. The van der Waals surface area contributed by atoms with Crippen LogP contribution >= 0.6 is 23.4 Å². The number of hydrogen-bond acceptors (Lipinski definition) is 3. The van der Waals surface area contributed by atoms with Crippen LogP contribution < -0.4 is 5.32 Å². The second-order valence-corrected chi connectivity index (χ2v) is 6.61. The van der Waals surface area contributed by atoms with E-state index in [1.54, 1.807) is 30.1 Å². The number of aromatic nitrogens is 1. The van der Waals surface area contributed by atoms with Crippen molar-refractivity contribution in [2.45, 2.75) is 32.6 Å². The molecule has 0 radical (unpaired) electrons. The van der Waals surface area contributed by atoms with Crippen molar-refractivity contribution in [3.8, 4) is 0 Å². The number of nitrogens with zero attached hydrogens (tertiary/aromatic N) is 1. The summed E-state index contributed by atoms with van der Waals surface area (Å²) in [5.74, 6) is 0.258. The summed E-state index contributed by atoms with van der Waals surface area (Å²) in [5.41, 5.74) is 5.52. The van der Waals surface area contributed by atoms with Crippen LogP contribution in [0.1, 0.15) is 22.3 Å². The number of carbonyl (C=O) groups is 1. The number of amides is 1. The predicted molar refractivity (Wildman–Crippen MR) is 94.0 cm³/mol. The molecule has 2 aromatic rings. The Morgan fingerprint density at radius 2 is 1.86 bits per heavy atom. The molecule has 0 aliphatic heterocycles. The van der Waals surface area contributed by atoms with Crippen molar-refractivity contribution in [1.82, 2.24) is 4.98 Å². The lowest BCUT2D eigenvalue weighted by Gasteiger charge is -2.14. The Kier molecular flexibility index (Phi) is 5.48. The standard InChI is InChI=1S/C17H19ClN2OS/c1-10-8-11(2)13(4)16(12(10)3)22-9-15(21)20-14-6-5-7-19-17(14)18/h5-8H,9H2,1-4H3,(H,20,21). The highest BCUT2D eigenvalue weighted by Gasteiger charge is 2.12. The quantitative estimate of drug-likeness (QED) is 0.651. The van der Waals surface area contributed by atoms with Crippen LogP contribution in [0.25, 0.3) is 0 Å². The highest BCUT2D eigenvalue weighted by molar-refractivity contribution is 8.00. The molecule has 1 aromatic carbocycles. The van der Waals surface area contributed by atoms with Crippen LogP contribution in [0.5, 0.6) is 0 Å². The van der Waals surface area contributed by atoms with Gasteiger partial charge in [0.1, 0.15) is 0 Å². The zero-order valence-electron chi connectivity index (χ0n) is 13.2.